The van der Waals surface area contributed by atoms with Crippen LogP contribution in [-0.4, -0.2) is 9.97 Å². The van der Waals surface area contributed by atoms with Crippen LogP contribution in [0.15, 0.2) is 110 Å². The SMILES string of the molecule is c1cncc(-c2ccc3c4ccc(-c5cccnc5)c5cccc(c6cccc2c63)c54)c1. The molecule has 0 unspecified atom stereocenters. The van der Waals surface area contributed by atoms with E-state index in [-0.39, 0.29) is 0 Å². The summed E-state index contributed by atoms with van der Waals surface area (Å²) in [6.45, 7) is 0. The van der Waals surface area contributed by atoms with Crippen molar-refractivity contribution in [2.24, 2.45) is 0 Å². The first-order valence-electron chi connectivity index (χ1n) is 10.8. The van der Waals surface area contributed by atoms with Crippen LogP contribution in [0.5, 0.6) is 0 Å². The summed E-state index contributed by atoms with van der Waals surface area (Å²) in [5.41, 5.74) is 4.74. The van der Waals surface area contributed by atoms with Gasteiger partial charge in [-0.1, -0.05) is 72.8 Å². The molecule has 2 aromatic heterocycles. The molecule has 0 saturated carbocycles. The zero-order valence-electron chi connectivity index (χ0n) is 17.3. The predicted octanol–water partition coefficient (Wildman–Crippen LogP) is 7.86. The minimum absolute atomic E-state index is 1.15. The topological polar surface area (TPSA) is 25.8 Å². The Balaban J connectivity index is 1.66. The molecule has 32 heavy (non-hydrogen) atoms. The van der Waals surface area contributed by atoms with Crippen molar-refractivity contribution in [2.75, 3.05) is 0 Å². The molecule has 0 aliphatic rings. The molecule has 0 spiro atoms. The maximum Gasteiger partial charge on any atom is 0.0346 e. The fraction of sp³-hybridized carbons (Fsp3) is 0. The van der Waals surface area contributed by atoms with Crippen LogP contribution in [0.1, 0.15) is 0 Å². The molecular formula is C30H18N2. The van der Waals surface area contributed by atoms with Crippen LogP contribution < -0.4 is 0 Å². The normalized spacial score (nSPS) is 11.8. The van der Waals surface area contributed by atoms with Gasteiger partial charge in [-0.2, -0.15) is 0 Å². The molecular weight excluding hydrogens is 388 g/mol. The van der Waals surface area contributed by atoms with E-state index in [9.17, 15) is 0 Å². The van der Waals surface area contributed by atoms with Gasteiger partial charge in [-0.25, -0.2) is 0 Å². The van der Waals surface area contributed by atoms with Gasteiger partial charge in [0.15, 0.2) is 0 Å². The van der Waals surface area contributed by atoms with Crippen LogP contribution in [0.4, 0.5) is 0 Å². The number of nitrogens with zero attached hydrogens (tertiary/aromatic N) is 2. The molecule has 0 aliphatic heterocycles. The Morgan fingerprint density at radius 1 is 0.375 bits per heavy atom. The summed E-state index contributed by atoms with van der Waals surface area (Å²) in [4.78, 5) is 8.70. The Hall–Kier alpha value is -4.30. The van der Waals surface area contributed by atoms with Crippen molar-refractivity contribution in [3.8, 4) is 22.3 Å². The molecule has 5 aromatic carbocycles. The fourth-order valence-electron chi connectivity index (χ4n) is 5.26. The number of hydrogen-bond acceptors (Lipinski definition) is 2. The number of benzene rings is 5. The molecule has 2 heterocycles. The maximum absolute atomic E-state index is 4.35. The maximum atomic E-state index is 4.35. The zero-order chi connectivity index (χ0) is 21.1. The molecule has 0 saturated heterocycles. The summed E-state index contributed by atoms with van der Waals surface area (Å²) in [5.74, 6) is 0. The quantitative estimate of drug-likeness (QED) is 0.216. The fourth-order valence-corrected chi connectivity index (χ4v) is 5.26. The molecule has 7 aromatic rings. The highest BCUT2D eigenvalue weighted by molar-refractivity contribution is 6.35. The summed E-state index contributed by atoms with van der Waals surface area (Å²) in [6, 6.07) is 30.7. The average molecular weight is 406 g/mol. The Morgan fingerprint density at radius 2 is 0.812 bits per heavy atom. The van der Waals surface area contributed by atoms with Crippen molar-refractivity contribution in [2.45, 2.75) is 0 Å². The lowest BCUT2D eigenvalue weighted by atomic mass is 9.85. The van der Waals surface area contributed by atoms with Crippen LogP contribution in [0.2, 0.25) is 0 Å². The number of rotatable bonds is 2. The second-order valence-corrected chi connectivity index (χ2v) is 8.26. The minimum Gasteiger partial charge on any atom is -0.264 e. The van der Waals surface area contributed by atoms with Gasteiger partial charge in [0.25, 0.3) is 0 Å². The lowest BCUT2D eigenvalue weighted by Gasteiger charge is -2.18. The molecule has 148 valence electrons. The second kappa shape index (κ2) is 6.60. The van der Waals surface area contributed by atoms with Gasteiger partial charge in [-0.3, -0.25) is 9.97 Å². The summed E-state index contributed by atoms with van der Waals surface area (Å²) >= 11 is 0. The third-order valence-electron chi connectivity index (χ3n) is 6.61. The molecule has 2 heteroatoms. The van der Waals surface area contributed by atoms with Gasteiger partial charge in [0.05, 0.1) is 0 Å². The number of aromatic nitrogens is 2. The first-order chi connectivity index (χ1) is 15.9. The summed E-state index contributed by atoms with van der Waals surface area (Å²) in [7, 11) is 0. The van der Waals surface area contributed by atoms with Crippen molar-refractivity contribution >= 4 is 43.1 Å². The van der Waals surface area contributed by atoms with Gasteiger partial charge in [0.1, 0.15) is 0 Å². The largest absolute Gasteiger partial charge is 0.264 e. The summed E-state index contributed by atoms with van der Waals surface area (Å²) in [6.07, 6.45) is 7.54. The van der Waals surface area contributed by atoms with Gasteiger partial charge in [-0.15, -0.1) is 0 Å². The van der Waals surface area contributed by atoms with Crippen LogP contribution >= 0.6 is 0 Å². The Labute approximate surface area is 185 Å². The predicted molar refractivity (Wildman–Crippen MR) is 134 cm³/mol. The van der Waals surface area contributed by atoms with E-state index >= 15 is 0 Å². The molecule has 0 atom stereocenters. The molecule has 0 amide bonds. The van der Waals surface area contributed by atoms with Gasteiger partial charge in [-0.05, 0) is 66.3 Å². The highest BCUT2D eigenvalue weighted by Crippen LogP contribution is 2.44. The standard InChI is InChI=1S/C30H18N2/c1-7-23-21(19-5-3-15-31-17-19)11-13-27-28-14-12-22(20-6-4-16-32-18-20)24-8-2-10-26(30(24)28)25(9-1)29(23)27/h1-18H. The van der Waals surface area contributed by atoms with Gasteiger partial charge in [0.2, 0.25) is 0 Å². The van der Waals surface area contributed by atoms with E-state index in [0.29, 0.717) is 0 Å². The van der Waals surface area contributed by atoms with Crippen molar-refractivity contribution in [1.29, 1.82) is 0 Å². The molecule has 0 N–H and O–H groups in total. The highest BCUT2D eigenvalue weighted by Gasteiger charge is 2.16. The van der Waals surface area contributed by atoms with Gasteiger partial charge in [0, 0.05) is 35.9 Å². The Bertz CT molecular complexity index is 1600. The first kappa shape index (κ1) is 17.4. The average Bonchev–Trinajstić information content (AvgIpc) is 2.87. The molecule has 0 fully saturated rings. The van der Waals surface area contributed by atoms with Crippen LogP contribution in [0.3, 0.4) is 0 Å². The first-order valence-corrected chi connectivity index (χ1v) is 10.8. The number of pyridine rings is 2. The minimum atomic E-state index is 1.15. The van der Waals surface area contributed by atoms with E-state index in [1.165, 1.54) is 54.2 Å². The smallest absolute Gasteiger partial charge is 0.0346 e. The van der Waals surface area contributed by atoms with E-state index in [1.54, 1.807) is 0 Å². The number of hydrogen-bond donors (Lipinski definition) is 0. The van der Waals surface area contributed by atoms with Crippen molar-refractivity contribution in [1.82, 2.24) is 9.97 Å². The van der Waals surface area contributed by atoms with E-state index in [1.807, 2.05) is 36.9 Å². The third kappa shape index (κ3) is 2.35. The van der Waals surface area contributed by atoms with Crippen molar-refractivity contribution in [3.63, 3.8) is 0 Å². The molecule has 7 rings (SSSR count). The Kier molecular flexibility index (Phi) is 3.58. The monoisotopic (exact) mass is 406 g/mol. The summed E-state index contributed by atoms with van der Waals surface area (Å²) < 4.78 is 0. The Morgan fingerprint density at radius 3 is 1.25 bits per heavy atom. The van der Waals surface area contributed by atoms with Crippen molar-refractivity contribution < 1.29 is 0 Å². The zero-order valence-corrected chi connectivity index (χ0v) is 17.3. The molecule has 2 nitrogen and oxygen atoms in total. The molecule has 0 bridgehead atoms. The van der Waals surface area contributed by atoms with Crippen LogP contribution in [-0.2, 0) is 0 Å². The van der Waals surface area contributed by atoms with Crippen molar-refractivity contribution in [3.05, 3.63) is 110 Å². The molecule has 0 aliphatic carbocycles. The number of fused-ring (bicyclic) bond motifs is 2. The van der Waals surface area contributed by atoms with Crippen LogP contribution in [0.25, 0.3) is 65.3 Å². The lowest BCUT2D eigenvalue weighted by molar-refractivity contribution is 1.33. The van der Waals surface area contributed by atoms with E-state index < -0.39 is 0 Å². The van der Waals surface area contributed by atoms with E-state index in [4.69, 9.17) is 0 Å². The lowest BCUT2D eigenvalue weighted by Crippen LogP contribution is -1.91. The summed E-state index contributed by atoms with van der Waals surface area (Å²) in [5, 5.41) is 10.4. The third-order valence-corrected chi connectivity index (χ3v) is 6.61. The van der Waals surface area contributed by atoms with Gasteiger partial charge >= 0.3 is 0 Å². The molecule has 0 radical (unpaired) electrons. The second-order valence-electron chi connectivity index (χ2n) is 8.26. The van der Waals surface area contributed by atoms with Gasteiger partial charge < -0.3 is 0 Å². The van der Waals surface area contributed by atoms with E-state index in [2.05, 4.69) is 82.8 Å². The van der Waals surface area contributed by atoms with E-state index in [0.717, 1.165) is 11.1 Å². The van der Waals surface area contributed by atoms with Crippen LogP contribution in [0, 0.1) is 0 Å². The highest BCUT2D eigenvalue weighted by atomic mass is 14.6.